The first-order valence-corrected chi connectivity index (χ1v) is 5.20. The van der Waals surface area contributed by atoms with Crippen molar-refractivity contribution in [2.24, 2.45) is 0 Å². The molecule has 6 heteroatoms. The van der Waals surface area contributed by atoms with E-state index in [-0.39, 0.29) is 5.56 Å². The lowest BCUT2D eigenvalue weighted by Gasteiger charge is -2.10. The van der Waals surface area contributed by atoms with E-state index in [0.29, 0.717) is 12.5 Å². The number of nitrogens with zero attached hydrogens (tertiary/aromatic N) is 1. The van der Waals surface area contributed by atoms with Gasteiger partial charge in [0.1, 0.15) is 11.4 Å². The Morgan fingerprint density at radius 1 is 1.67 bits per heavy atom. The molecule has 0 spiro atoms. The number of hydrogen-bond donors (Lipinski definition) is 1. The monoisotopic (exact) mass is 250 g/mol. The lowest BCUT2D eigenvalue weighted by molar-refractivity contribution is -0.385. The summed E-state index contributed by atoms with van der Waals surface area (Å²) in [6.45, 7) is 1.77. The summed E-state index contributed by atoms with van der Waals surface area (Å²) in [6, 6.07) is 2.23. The summed E-state index contributed by atoms with van der Waals surface area (Å²) in [5, 5.41) is 13.2. The standard InChI is InChI=1S/C12H11FN2O3/c1-3-9(4-2)14-12(16)10-6-5-8(13)7-11(10)15(17)18/h1,5-7,9H,4H2,2H3,(H,14,16). The zero-order valence-electron chi connectivity index (χ0n) is 9.64. The number of nitro benzene ring substituents is 1. The molecule has 0 radical (unpaired) electrons. The molecule has 0 aliphatic heterocycles. The minimum absolute atomic E-state index is 0.213. The predicted molar refractivity (Wildman–Crippen MR) is 63.4 cm³/mol. The fourth-order valence-electron chi connectivity index (χ4n) is 1.35. The Bertz CT molecular complexity index is 523. The average Bonchev–Trinajstić information content (AvgIpc) is 2.35. The number of nitro groups is 1. The topological polar surface area (TPSA) is 72.2 Å². The van der Waals surface area contributed by atoms with Gasteiger partial charge in [0.05, 0.1) is 17.0 Å². The summed E-state index contributed by atoms with van der Waals surface area (Å²) in [7, 11) is 0. The normalized spacial score (nSPS) is 11.4. The number of carbonyl (C=O) groups excluding carboxylic acids is 1. The Balaban J connectivity index is 3.06. The molecular formula is C12H11FN2O3. The van der Waals surface area contributed by atoms with Crippen LogP contribution in [-0.4, -0.2) is 16.9 Å². The van der Waals surface area contributed by atoms with Crippen molar-refractivity contribution in [1.29, 1.82) is 0 Å². The van der Waals surface area contributed by atoms with Crippen LogP contribution < -0.4 is 5.32 Å². The van der Waals surface area contributed by atoms with Crippen LogP contribution in [0.2, 0.25) is 0 Å². The third-order valence-corrected chi connectivity index (χ3v) is 2.32. The Kier molecular flexibility index (Phi) is 4.38. The number of hydrogen-bond acceptors (Lipinski definition) is 3. The maximum atomic E-state index is 12.9. The van der Waals surface area contributed by atoms with Crippen LogP contribution in [0.1, 0.15) is 23.7 Å². The van der Waals surface area contributed by atoms with E-state index in [9.17, 15) is 19.3 Å². The molecule has 1 N–H and O–H groups in total. The first-order valence-electron chi connectivity index (χ1n) is 5.20. The molecule has 1 unspecified atom stereocenters. The van der Waals surface area contributed by atoms with E-state index in [0.717, 1.165) is 12.1 Å². The second-order valence-corrected chi connectivity index (χ2v) is 3.52. The van der Waals surface area contributed by atoms with Gasteiger partial charge in [0.15, 0.2) is 0 Å². The molecule has 1 aromatic carbocycles. The molecule has 1 amide bonds. The van der Waals surface area contributed by atoms with E-state index in [2.05, 4.69) is 11.2 Å². The van der Waals surface area contributed by atoms with Crippen LogP contribution in [-0.2, 0) is 0 Å². The predicted octanol–water partition coefficient (Wildman–Crippen LogP) is 1.88. The van der Waals surface area contributed by atoms with Gasteiger partial charge < -0.3 is 5.32 Å². The van der Waals surface area contributed by atoms with Gasteiger partial charge in [-0.3, -0.25) is 14.9 Å². The molecule has 5 nitrogen and oxygen atoms in total. The second-order valence-electron chi connectivity index (χ2n) is 3.52. The van der Waals surface area contributed by atoms with Crippen molar-refractivity contribution in [3.05, 3.63) is 39.7 Å². The number of nitrogens with one attached hydrogen (secondary N) is 1. The van der Waals surface area contributed by atoms with Gasteiger partial charge in [0.25, 0.3) is 11.6 Å². The van der Waals surface area contributed by atoms with Crippen LogP contribution in [0.25, 0.3) is 0 Å². The zero-order chi connectivity index (χ0) is 13.7. The minimum Gasteiger partial charge on any atom is -0.338 e. The summed E-state index contributed by atoms with van der Waals surface area (Å²) >= 11 is 0. The molecule has 1 rings (SSSR count). The van der Waals surface area contributed by atoms with Crippen molar-refractivity contribution in [1.82, 2.24) is 5.32 Å². The van der Waals surface area contributed by atoms with Crippen molar-refractivity contribution in [3.8, 4) is 12.3 Å². The lowest BCUT2D eigenvalue weighted by Crippen LogP contribution is -2.33. The van der Waals surface area contributed by atoms with Gasteiger partial charge in [-0.05, 0) is 18.6 Å². The highest BCUT2D eigenvalue weighted by Gasteiger charge is 2.22. The van der Waals surface area contributed by atoms with Crippen LogP contribution in [0.4, 0.5) is 10.1 Å². The first kappa shape index (κ1) is 13.6. The van der Waals surface area contributed by atoms with Crippen LogP contribution in [0.5, 0.6) is 0 Å². The molecule has 0 bridgehead atoms. The highest BCUT2D eigenvalue weighted by molar-refractivity contribution is 5.98. The zero-order valence-corrected chi connectivity index (χ0v) is 9.64. The summed E-state index contributed by atoms with van der Waals surface area (Å²) in [5.41, 5.74) is -0.797. The quantitative estimate of drug-likeness (QED) is 0.503. The van der Waals surface area contributed by atoms with E-state index in [1.54, 1.807) is 6.92 Å². The van der Waals surface area contributed by atoms with Crippen LogP contribution >= 0.6 is 0 Å². The van der Waals surface area contributed by atoms with E-state index < -0.39 is 28.4 Å². The third-order valence-electron chi connectivity index (χ3n) is 2.32. The van der Waals surface area contributed by atoms with Crippen LogP contribution in [0.3, 0.4) is 0 Å². The number of amides is 1. The molecule has 1 aromatic rings. The number of carbonyl (C=O) groups is 1. The van der Waals surface area contributed by atoms with Crippen LogP contribution in [0.15, 0.2) is 18.2 Å². The molecule has 0 fully saturated rings. The second kappa shape index (κ2) is 5.77. The summed E-state index contributed by atoms with van der Waals surface area (Å²) in [6.07, 6.45) is 5.67. The highest BCUT2D eigenvalue weighted by atomic mass is 19.1. The summed E-state index contributed by atoms with van der Waals surface area (Å²) in [5.74, 6) is 0.872. The van der Waals surface area contributed by atoms with Gasteiger partial charge in [-0.1, -0.05) is 12.8 Å². The van der Waals surface area contributed by atoms with Crippen molar-refractivity contribution in [2.75, 3.05) is 0 Å². The van der Waals surface area contributed by atoms with Gasteiger partial charge >= 0.3 is 0 Å². The van der Waals surface area contributed by atoms with Crippen LogP contribution in [0, 0.1) is 28.3 Å². The van der Waals surface area contributed by atoms with E-state index in [1.165, 1.54) is 0 Å². The van der Waals surface area contributed by atoms with Gasteiger partial charge in [0, 0.05) is 0 Å². The molecule has 0 aromatic heterocycles. The van der Waals surface area contributed by atoms with Crippen molar-refractivity contribution in [2.45, 2.75) is 19.4 Å². The molecule has 18 heavy (non-hydrogen) atoms. The minimum atomic E-state index is -0.811. The molecule has 0 aliphatic rings. The average molecular weight is 250 g/mol. The number of halogens is 1. The fraction of sp³-hybridized carbons (Fsp3) is 0.250. The Labute approximate surface area is 103 Å². The van der Waals surface area contributed by atoms with E-state index in [1.807, 2.05) is 0 Å². The highest BCUT2D eigenvalue weighted by Crippen LogP contribution is 2.19. The Hall–Kier alpha value is -2.42. The first-order chi connectivity index (χ1) is 8.49. The third kappa shape index (κ3) is 3.04. The van der Waals surface area contributed by atoms with E-state index >= 15 is 0 Å². The maximum absolute atomic E-state index is 12.9. The summed E-state index contributed by atoms with van der Waals surface area (Å²) in [4.78, 5) is 21.7. The number of benzene rings is 1. The Morgan fingerprint density at radius 3 is 2.83 bits per heavy atom. The summed E-state index contributed by atoms with van der Waals surface area (Å²) < 4.78 is 12.9. The molecule has 0 aliphatic carbocycles. The van der Waals surface area contributed by atoms with E-state index in [4.69, 9.17) is 6.42 Å². The molecular weight excluding hydrogens is 239 g/mol. The van der Waals surface area contributed by atoms with Crippen molar-refractivity contribution < 1.29 is 14.1 Å². The van der Waals surface area contributed by atoms with Gasteiger partial charge in [-0.2, -0.15) is 0 Å². The largest absolute Gasteiger partial charge is 0.338 e. The number of rotatable bonds is 4. The molecule has 0 heterocycles. The smallest absolute Gasteiger partial charge is 0.285 e. The number of terminal acetylenes is 1. The lowest BCUT2D eigenvalue weighted by atomic mass is 10.1. The maximum Gasteiger partial charge on any atom is 0.285 e. The molecule has 0 saturated heterocycles. The van der Waals surface area contributed by atoms with Crippen molar-refractivity contribution in [3.63, 3.8) is 0 Å². The van der Waals surface area contributed by atoms with Gasteiger partial charge in [-0.25, -0.2) is 4.39 Å². The SMILES string of the molecule is C#CC(CC)NC(=O)c1ccc(F)cc1[N+](=O)[O-]. The van der Waals surface area contributed by atoms with Gasteiger partial charge in [0.2, 0.25) is 0 Å². The van der Waals surface area contributed by atoms with Gasteiger partial charge in [-0.15, -0.1) is 6.42 Å². The molecule has 1 atom stereocenters. The fourth-order valence-corrected chi connectivity index (χ4v) is 1.35. The molecule has 0 saturated carbocycles. The van der Waals surface area contributed by atoms with Crippen molar-refractivity contribution >= 4 is 11.6 Å². The molecule has 94 valence electrons. The Morgan fingerprint density at radius 2 is 2.33 bits per heavy atom.